The first kappa shape index (κ1) is 17.5. The molecule has 1 N–H and O–H groups in total. The number of para-hydroxylation sites is 1. The van der Waals surface area contributed by atoms with Crippen molar-refractivity contribution in [1.29, 1.82) is 0 Å². The fourth-order valence-corrected chi connectivity index (χ4v) is 3.51. The molecule has 1 saturated heterocycles. The number of aryl methyl sites for hydroxylation is 1. The second-order valence-corrected chi connectivity index (χ2v) is 6.58. The smallest absolute Gasteiger partial charge is 0.251 e. The van der Waals surface area contributed by atoms with Crippen LogP contribution in [-0.4, -0.2) is 37.6 Å². The molecule has 3 rings (SSSR count). The van der Waals surface area contributed by atoms with Gasteiger partial charge in [-0.3, -0.25) is 9.69 Å². The highest BCUT2D eigenvalue weighted by atomic mass is 16.5. The standard InChI is InChI=1S/C21H26N2O2/c1-16-8-7-9-17(14-16)21(24)22-15-19(23-12-5-6-13-23)18-10-3-4-11-20(18)25-2/h3-4,7-11,14,19H,5-6,12-13,15H2,1-2H3,(H,22,24). The van der Waals surface area contributed by atoms with E-state index in [1.807, 2.05) is 49.4 Å². The molecule has 2 aromatic carbocycles. The lowest BCUT2D eigenvalue weighted by molar-refractivity contribution is 0.0937. The van der Waals surface area contributed by atoms with Crippen molar-refractivity contribution >= 4 is 5.91 Å². The Balaban J connectivity index is 1.77. The van der Waals surface area contributed by atoms with Crippen LogP contribution in [0, 0.1) is 6.92 Å². The van der Waals surface area contributed by atoms with E-state index in [0.717, 1.165) is 30.0 Å². The molecule has 1 aliphatic rings. The van der Waals surface area contributed by atoms with Crippen molar-refractivity contribution in [3.63, 3.8) is 0 Å². The van der Waals surface area contributed by atoms with Gasteiger partial charge in [-0.05, 0) is 51.1 Å². The molecule has 0 radical (unpaired) electrons. The Bertz CT molecular complexity index is 723. The van der Waals surface area contributed by atoms with Crippen molar-refractivity contribution in [2.45, 2.75) is 25.8 Å². The normalized spacial score (nSPS) is 15.8. The largest absolute Gasteiger partial charge is 0.496 e. The van der Waals surface area contributed by atoms with Crippen molar-refractivity contribution in [1.82, 2.24) is 10.2 Å². The van der Waals surface area contributed by atoms with Crippen LogP contribution in [0.15, 0.2) is 48.5 Å². The predicted molar refractivity (Wildman–Crippen MR) is 100 cm³/mol. The Kier molecular flexibility index (Phi) is 5.71. The number of carbonyl (C=O) groups excluding carboxylic acids is 1. The third kappa shape index (κ3) is 4.20. The van der Waals surface area contributed by atoms with Crippen molar-refractivity contribution in [3.8, 4) is 5.75 Å². The van der Waals surface area contributed by atoms with Gasteiger partial charge in [0.25, 0.3) is 5.91 Å². The molecule has 0 saturated carbocycles. The summed E-state index contributed by atoms with van der Waals surface area (Å²) in [6.07, 6.45) is 2.41. The number of hydrogen-bond donors (Lipinski definition) is 1. The highest BCUT2D eigenvalue weighted by Gasteiger charge is 2.26. The summed E-state index contributed by atoms with van der Waals surface area (Å²) in [5, 5.41) is 3.12. The molecule has 1 unspecified atom stereocenters. The molecule has 1 amide bonds. The number of rotatable bonds is 6. The van der Waals surface area contributed by atoms with Crippen LogP contribution in [0.25, 0.3) is 0 Å². The number of likely N-dealkylation sites (tertiary alicyclic amines) is 1. The maximum atomic E-state index is 12.5. The van der Waals surface area contributed by atoms with E-state index in [-0.39, 0.29) is 11.9 Å². The Hall–Kier alpha value is -2.33. The molecule has 1 heterocycles. The van der Waals surface area contributed by atoms with E-state index in [4.69, 9.17) is 4.74 Å². The molecule has 0 aliphatic carbocycles. The van der Waals surface area contributed by atoms with Crippen LogP contribution >= 0.6 is 0 Å². The fourth-order valence-electron chi connectivity index (χ4n) is 3.51. The summed E-state index contributed by atoms with van der Waals surface area (Å²) in [5.74, 6) is 0.854. The maximum Gasteiger partial charge on any atom is 0.251 e. The average molecular weight is 338 g/mol. The topological polar surface area (TPSA) is 41.6 Å². The molecule has 25 heavy (non-hydrogen) atoms. The van der Waals surface area contributed by atoms with Gasteiger partial charge < -0.3 is 10.1 Å². The van der Waals surface area contributed by atoms with E-state index in [2.05, 4.69) is 16.3 Å². The molecule has 1 atom stereocenters. The number of benzene rings is 2. The molecule has 4 nitrogen and oxygen atoms in total. The average Bonchev–Trinajstić information content (AvgIpc) is 3.16. The van der Waals surface area contributed by atoms with Crippen LogP contribution in [0.3, 0.4) is 0 Å². The van der Waals surface area contributed by atoms with Gasteiger partial charge in [0.1, 0.15) is 5.75 Å². The summed E-state index contributed by atoms with van der Waals surface area (Å²) in [4.78, 5) is 15.0. The Morgan fingerprint density at radius 1 is 1.16 bits per heavy atom. The zero-order chi connectivity index (χ0) is 17.6. The van der Waals surface area contributed by atoms with Crippen LogP contribution in [-0.2, 0) is 0 Å². The molecule has 0 spiro atoms. The van der Waals surface area contributed by atoms with Gasteiger partial charge in [-0.2, -0.15) is 0 Å². The third-order valence-corrected chi connectivity index (χ3v) is 4.82. The monoisotopic (exact) mass is 338 g/mol. The van der Waals surface area contributed by atoms with Crippen molar-refractivity contribution in [2.24, 2.45) is 0 Å². The molecule has 2 aromatic rings. The second-order valence-electron chi connectivity index (χ2n) is 6.58. The first-order valence-electron chi connectivity index (χ1n) is 8.91. The van der Waals surface area contributed by atoms with Crippen molar-refractivity contribution in [2.75, 3.05) is 26.7 Å². The molecule has 0 bridgehead atoms. The van der Waals surface area contributed by atoms with Crippen LogP contribution in [0.1, 0.15) is 40.4 Å². The van der Waals surface area contributed by atoms with Crippen LogP contribution in [0.2, 0.25) is 0 Å². The number of ether oxygens (including phenoxy) is 1. The number of nitrogens with one attached hydrogen (secondary N) is 1. The van der Waals surface area contributed by atoms with Gasteiger partial charge >= 0.3 is 0 Å². The first-order chi connectivity index (χ1) is 12.2. The summed E-state index contributed by atoms with van der Waals surface area (Å²) in [6.45, 7) is 4.69. The lowest BCUT2D eigenvalue weighted by Crippen LogP contribution is -2.37. The van der Waals surface area contributed by atoms with E-state index >= 15 is 0 Å². The minimum atomic E-state index is -0.0252. The third-order valence-electron chi connectivity index (χ3n) is 4.82. The van der Waals surface area contributed by atoms with Gasteiger partial charge in [0.2, 0.25) is 0 Å². The number of hydrogen-bond acceptors (Lipinski definition) is 3. The lowest BCUT2D eigenvalue weighted by Gasteiger charge is -2.29. The number of methoxy groups -OCH3 is 1. The van der Waals surface area contributed by atoms with Gasteiger partial charge in [-0.1, -0.05) is 35.9 Å². The van der Waals surface area contributed by atoms with Crippen LogP contribution < -0.4 is 10.1 Å². The zero-order valence-electron chi connectivity index (χ0n) is 15.0. The highest BCUT2D eigenvalue weighted by Crippen LogP contribution is 2.31. The maximum absolute atomic E-state index is 12.5. The minimum Gasteiger partial charge on any atom is -0.496 e. The van der Waals surface area contributed by atoms with Gasteiger partial charge in [0, 0.05) is 17.7 Å². The molecule has 1 aliphatic heterocycles. The van der Waals surface area contributed by atoms with E-state index in [0.29, 0.717) is 12.1 Å². The van der Waals surface area contributed by atoms with Crippen LogP contribution in [0.4, 0.5) is 0 Å². The second kappa shape index (κ2) is 8.17. The quantitative estimate of drug-likeness (QED) is 0.875. The first-order valence-corrected chi connectivity index (χ1v) is 8.91. The summed E-state index contributed by atoms with van der Waals surface area (Å²) in [5.41, 5.74) is 2.94. The fraction of sp³-hybridized carbons (Fsp3) is 0.381. The summed E-state index contributed by atoms with van der Waals surface area (Å²) in [6, 6.07) is 15.9. The SMILES string of the molecule is COc1ccccc1C(CNC(=O)c1cccc(C)c1)N1CCCC1. The van der Waals surface area contributed by atoms with E-state index < -0.39 is 0 Å². The summed E-state index contributed by atoms with van der Waals surface area (Å²) < 4.78 is 5.55. The molecular formula is C21H26N2O2. The van der Waals surface area contributed by atoms with Gasteiger partial charge in [0.05, 0.1) is 13.2 Å². The number of carbonyl (C=O) groups is 1. The van der Waals surface area contributed by atoms with Crippen LogP contribution in [0.5, 0.6) is 5.75 Å². The summed E-state index contributed by atoms with van der Waals surface area (Å²) in [7, 11) is 1.70. The number of amides is 1. The van der Waals surface area contributed by atoms with Gasteiger partial charge in [-0.25, -0.2) is 0 Å². The zero-order valence-corrected chi connectivity index (χ0v) is 15.0. The Morgan fingerprint density at radius 3 is 2.64 bits per heavy atom. The number of nitrogens with zero attached hydrogens (tertiary/aromatic N) is 1. The van der Waals surface area contributed by atoms with Crippen molar-refractivity contribution in [3.05, 3.63) is 65.2 Å². The summed E-state index contributed by atoms with van der Waals surface area (Å²) >= 11 is 0. The van der Waals surface area contributed by atoms with Gasteiger partial charge in [-0.15, -0.1) is 0 Å². The van der Waals surface area contributed by atoms with Crippen molar-refractivity contribution < 1.29 is 9.53 Å². The highest BCUT2D eigenvalue weighted by molar-refractivity contribution is 5.94. The van der Waals surface area contributed by atoms with E-state index in [1.165, 1.54) is 12.8 Å². The minimum absolute atomic E-state index is 0.0252. The Labute approximate surface area is 149 Å². The van der Waals surface area contributed by atoms with Gasteiger partial charge in [0.15, 0.2) is 0 Å². The predicted octanol–water partition coefficient (Wildman–Crippen LogP) is 3.57. The molecule has 0 aromatic heterocycles. The Morgan fingerprint density at radius 2 is 1.92 bits per heavy atom. The molecule has 4 heteroatoms. The lowest BCUT2D eigenvalue weighted by atomic mass is 10.0. The molecule has 132 valence electrons. The molecule has 1 fully saturated rings. The van der Waals surface area contributed by atoms with E-state index in [9.17, 15) is 4.79 Å². The van der Waals surface area contributed by atoms with E-state index in [1.54, 1.807) is 7.11 Å². The molecular weight excluding hydrogens is 312 g/mol.